The van der Waals surface area contributed by atoms with Gasteiger partial charge < -0.3 is 123 Å². The molecule has 0 spiro atoms. The molecule has 9 fully saturated rings. The monoisotopic (exact) mass is 1840 g/mol. The van der Waals surface area contributed by atoms with E-state index in [1.165, 1.54) is 65.0 Å². The molecule has 0 aromatic carbocycles. The fourth-order valence-corrected chi connectivity index (χ4v) is 11.9. The van der Waals surface area contributed by atoms with Crippen molar-refractivity contribution in [2.24, 2.45) is 0 Å². The Kier molecular flexibility index (Phi) is 70.2. The number of aliphatic carboxylic acids is 1. The van der Waals surface area contributed by atoms with E-state index in [9.17, 15) is 73.5 Å². The number of hydrogen-bond donors (Lipinski definition) is 8. The SMILES string of the molecule is C.C.C.C.C1CCOC1.C1CCOC1.C1CCOC1.CC(C)(C)OC(=O)N1CC(=O)C1.CC(C)(C)OC(=O)N1CC(O)(CC(=O)O)C1.CCN(CC)C(=O)CC1(O)CN(C(=O)OC(C)(C)C)C1.CCN(CC)CCC1(O)CN(C(=O)OC(C)(C)C)C1.CCN(CC)CCC1(O)CNC1.CCNCC.CCOC(=O)CC1(O)CN(C(=O)OC(C)(C)C)C1.CCOC(C)=O.[B]. The molecule has 0 aliphatic carbocycles. The van der Waals surface area contributed by atoms with Crippen LogP contribution >= 0.6 is 0 Å². The summed E-state index contributed by atoms with van der Waals surface area (Å²) in [6, 6.07) is 0. The van der Waals surface area contributed by atoms with Crippen molar-refractivity contribution in [3.8, 4) is 0 Å². The Morgan fingerprint density at radius 3 is 0.859 bits per heavy atom. The number of esters is 2. The van der Waals surface area contributed by atoms with Gasteiger partial charge in [-0.05, 0) is 222 Å². The van der Waals surface area contributed by atoms with Crippen LogP contribution in [0.1, 0.15) is 280 Å². The van der Waals surface area contributed by atoms with Crippen LogP contribution in [-0.2, 0) is 71.3 Å². The molecule has 9 heterocycles. The van der Waals surface area contributed by atoms with Crippen molar-refractivity contribution in [2.75, 3.05) is 197 Å². The quantitative estimate of drug-likeness (QED) is 0.0283. The van der Waals surface area contributed by atoms with Crippen molar-refractivity contribution in [1.82, 2.24) is 49.8 Å². The standard InChI is InChI=1S/C14H26N2O4.C14H28N2O3.C12H21NO5.C10H17NO5.C9H20N2O.C8H13NO3.C4H11N.C4H8O2.3C4H8O.4CH4.B/c1-6-15(7-2)11(17)8-14(19)9-16(10-14)12(18)20-13(3,4)5;1-6-15(7-2)9-8-14(18)10-16(11-14)12(17)19-13(3,4)5;1-5-17-9(14)6-12(16)7-13(8-12)10(15)18-11(2,3)4;1-9(2,3)16-8(14)11-5-10(15,6-11)4-7(12)13;1-3-11(4-2)6-5-9(12)7-10-8-9;1-8(2,3)12-7(11)9-4-6(10)5-9;1-3-5-4-2;1-3-6-4(2)5;3*1-2-4-5-3-1;;;;;/h19H,6-10H2,1-5H3;18H,6-11H2,1-5H3;16H,5-8H2,1-4H3;15H,4-6H2,1-3H3,(H,12,13);10,12H,3-8H2,1-2H3;4-5H2,1-3H3;5H,3-4H2,1-2H3;3H2,1-2H3;3*1-4H2;4*1H4;. The van der Waals surface area contributed by atoms with Gasteiger partial charge in [-0.1, -0.05) is 71.2 Å². The number of aliphatic hydroxyl groups is 5. The molecule has 9 saturated heterocycles. The van der Waals surface area contributed by atoms with Gasteiger partial charge in [0.15, 0.2) is 5.78 Å². The second-order valence-electron chi connectivity index (χ2n) is 36.6. The number of likely N-dealkylation sites (tertiary alicyclic amines) is 5. The average molecular weight is 1850 g/mol. The number of nitrogens with zero attached hydrogens (tertiary/aromatic N) is 8. The van der Waals surface area contributed by atoms with Gasteiger partial charge in [0, 0.05) is 94.2 Å². The summed E-state index contributed by atoms with van der Waals surface area (Å²) in [4.78, 5) is 125. The van der Waals surface area contributed by atoms with E-state index in [-0.39, 0.29) is 140 Å². The Hall–Kier alpha value is -6.52. The van der Waals surface area contributed by atoms with E-state index >= 15 is 0 Å². The Morgan fingerprint density at radius 1 is 0.398 bits per heavy atom. The minimum absolute atomic E-state index is 0. The molecule has 0 unspecified atom stereocenters. The Balaban J connectivity index is -0.000000259. The number of amides is 6. The van der Waals surface area contributed by atoms with Crippen LogP contribution in [0.3, 0.4) is 0 Å². The number of carbonyl (C=O) groups excluding carboxylic acids is 9. The highest BCUT2D eigenvalue weighted by molar-refractivity contribution is 5.94. The summed E-state index contributed by atoms with van der Waals surface area (Å²) in [7, 11) is 0. The third-order valence-corrected chi connectivity index (χ3v) is 18.5. The molecule has 0 aromatic heterocycles. The van der Waals surface area contributed by atoms with Gasteiger partial charge in [0.2, 0.25) is 5.91 Å². The number of carboxylic acid groups (broad SMARTS) is 1. The lowest BCUT2D eigenvalue weighted by atomic mass is 9.90. The minimum Gasteiger partial charge on any atom is -0.481 e. The summed E-state index contributed by atoms with van der Waals surface area (Å²) in [5, 5.41) is 64.7. The maximum absolute atomic E-state index is 12.0. The number of β-amino-alcohol motifs (C(OH)–C–C–N with tert-alkyl or cyclic N) is 5. The normalized spacial score (nSPS) is 17.4. The first kappa shape index (κ1) is 135. The second kappa shape index (κ2) is 66.8. The van der Waals surface area contributed by atoms with Crippen LogP contribution in [0, 0.1) is 0 Å². The number of Topliss-reactive ketones (excluding diaryl/α,β-unsaturated/α-hetero) is 1. The Morgan fingerprint density at radius 2 is 0.664 bits per heavy atom. The predicted octanol–water partition coefficient (Wildman–Crippen LogP) is 10.9. The van der Waals surface area contributed by atoms with Crippen LogP contribution in [0.15, 0.2) is 0 Å². The van der Waals surface area contributed by atoms with Gasteiger partial charge in [-0.2, -0.15) is 0 Å². The van der Waals surface area contributed by atoms with Crippen molar-refractivity contribution in [3.05, 3.63) is 0 Å². The molecule has 0 aromatic rings. The number of ether oxygens (including phenoxy) is 10. The van der Waals surface area contributed by atoms with Crippen LogP contribution in [0.2, 0.25) is 0 Å². The highest BCUT2D eigenvalue weighted by Crippen LogP contribution is 2.31. The molecule has 128 heavy (non-hydrogen) atoms. The number of ketones is 1. The molecule has 0 saturated carbocycles. The highest BCUT2D eigenvalue weighted by Gasteiger charge is 2.50. The first-order valence-electron chi connectivity index (χ1n) is 44.2. The van der Waals surface area contributed by atoms with Crippen molar-refractivity contribution >= 4 is 68.5 Å². The molecule has 8 N–H and O–H groups in total. The lowest BCUT2D eigenvalue weighted by molar-refractivity contribution is -0.158. The topological polar surface area (TPSA) is 434 Å². The molecule has 37 heteroatoms. The maximum Gasteiger partial charge on any atom is 0.411 e. The number of nitrogens with one attached hydrogen (secondary N) is 2. The number of carbonyl (C=O) groups is 10. The van der Waals surface area contributed by atoms with Crippen molar-refractivity contribution < 1.29 is 126 Å². The molecule has 9 aliphatic rings. The van der Waals surface area contributed by atoms with Gasteiger partial charge in [-0.25, -0.2) is 24.0 Å². The van der Waals surface area contributed by atoms with Crippen LogP contribution < -0.4 is 10.6 Å². The zero-order valence-corrected chi connectivity index (χ0v) is 81.0. The Bertz CT molecular complexity index is 2950. The highest BCUT2D eigenvalue weighted by atomic mass is 16.6. The minimum atomic E-state index is -1.30. The molecule has 9 aliphatic heterocycles. The molecule has 9 rings (SSSR count). The van der Waals surface area contributed by atoms with E-state index in [1.807, 2.05) is 34.6 Å². The predicted molar refractivity (Wildman–Crippen MR) is 502 cm³/mol. The van der Waals surface area contributed by atoms with Gasteiger partial charge in [0.05, 0.1) is 104 Å². The molecular weight excluding hydrogens is 1660 g/mol. The average Bonchev–Trinajstić information content (AvgIpc) is 0.778. The molecule has 3 radical (unpaired) electrons. The Labute approximate surface area is 774 Å². The zero-order chi connectivity index (χ0) is 94.9. The smallest absolute Gasteiger partial charge is 0.411 e. The van der Waals surface area contributed by atoms with Crippen LogP contribution in [0.25, 0.3) is 0 Å². The summed E-state index contributed by atoms with van der Waals surface area (Å²) in [6.45, 7) is 67.7. The third kappa shape index (κ3) is 65.1. The van der Waals surface area contributed by atoms with E-state index in [2.05, 4.69) is 66.7 Å². The van der Waals surface area contributed by atoms with Crippen molar-refractivity contribution in [3.63, 3.8) is 0 Å². The maximum atomic E-state index is 12.0. The molecule has 0 atom stereocenters. The molecular formula is C91H184BN10O26. The van der Waals surface area contributed by atoms with Gasteiger partial charge in [0.25, 0.3) is 0 Å². The van der Waals surface area contributed by atoms with E-state index in [4.69, 9.17) is 47.7 Å². The summed E-state index contributed by atoms with van der Waals surface area (Å²) in [5.74, 6) is -1.74. The fraction of sp³-hybridized carbons (Fsp3) is 0.890. The van der Waals surface area contributed by atoms with Crippen LogP contribution in [-0.4, -0.2) is 391 Å². The number of hydrogen-bond acceptors (Lipinski definition) is 29. The third-order valence-electron chi connectivity index (χ3n) is 18.5. The summed E-state index contributed by atoms with van der Waals surface area (Å²) >= 11 is 0. The van der Waals surface area contributed by atoms with Crippen molar-refractivity contribution in [1.29, 1.82) is 0 Å². The molecule has 0 bridgehead atoms. The fourth-order valence-electron chi connectivity index (χ4n) is 11.9. The molecule has 6 amide bonds. The molecule has 757 valence electrons. The van der Waals surface area contributed by atoms with Crippen LogP contribution in [0.4, 0.5) is 24.0 Å². The first-order valence-corrected chi connectivity index (χ1v) is 44.2. The number of rotatable bonds is 22. The van der Waals surface area contributed by atoms with Crippen LogP contribution in [0.5, 0.6) is 0 Å². The largest absolute Gasteiger partial charge is 0.481 e. The first-order chi connectivity index (χ1) is 56.8. The van der Waals surface area contributed by atoms with E-state index in [1.54, 1.807) is 107 Å². The van der Waals surface area contributed by atoms with Gasteiger partial charge in [0.1, 0.15) is 50.4 Å². The zero-order valence-electron chi connectivity index (χ0n) is 81.0. The van der Waals surface area contributed by atoms with Gasteiger partial charge in [-0.15, -0.1) is 0 Å². The summed E-state index contributed by atoms with van der Waals surface area (Å²) in [5.41, 5.74) is -7.39. The van der Waals surface area contributed by atoms with E-state index in [0.717, 1.165) is 112 Å². The van der Waals surface area contributed by atoms with Crippen molar-refractivity contribution in [2.45, 2.75) is 336 Å². The summed E-state index contributed by atoms with van der Waals surface area (Å²) in [6.07, 6.45) is 6.69. The molecule has 36 nitrogen and oxygen atoms in total. The van der Waals surface area contributed by atoms with E-state index < -0.39 is 92.3 Å². The van der Waals surface area contributed by atoms with E-state index in [0.29, 0.717) is 39.2 Å². The lowest BCUT2D eigenvalue weighted by Crippen LogP contribution is -2.65. The number of carboxylic acids is 1. The lowest BCUT2D eigenvalue weighted by Gasteiger charge is -2.47. The van der Waals surface area contributed by atoms with Gasteiger partial charge in [-0.3, -0.25) is 28.9 Å². The second-order valence-corrected chi connectivity index (χ2v) is 36.6. The summed E-state index contributed by atoms with van der Waals surface area (Å²) < 4.78 is 49.7. The van der Waals surface area contributed by atoms with Gasteiger partial charge >= 0.3 is 48.4 Å².